The summed E-state index contributed by atoms with van der Waals surface area (Å²) in [5.41, 5.74) is 1.40. The number of halogens is 1. The van der Waals surface area contributed by atoms with Gasteiger partial charge in [0.25, 0.3) is 0 Å². The Morgan fingerprint density at radius 2 is 1.93 bits per heavy atom. The first-order valence-corrected chi connectivity index (χ1v) is 6.31. The molecule has 15 heavy (non-hydrogen) atoms. The number of hydrogen-bond acceptors (Lipinski definition) is 1. The third-order valence-electron chi connectivity index (χ3n) is 3.24. The van der Waals surface area contributed by atoms with Crippen molar-refractivity contribution < 1.29 is 0 Å². The molecule has 1 aromatic heterocycles. The topological polar surface area (TPSA) is 12.9 Å². The van der Waals surface area contributed by atoms with E-state index in [9.17, 15) is 0 Å². The van der Waals surface area contributed by atoms with E-state index in [0.29, 0.717) is 5.38 Å². The SMILES string of the molecule is ClC1CCCCC(Cc2ccncc2)C1. The highest BCUT2D eigenvalue weighted by atomic mass is 35.5. The first kappa shape index (κ1) is 10.9. The summed E-state index contributed by atoms with van der Waals surface area (Å²) in [6, 6.07) is 4.24. The Balaban J connectivity index is 1.93. The highest BCUT2D eigenvalue weighted by molar-refractivity contribution is 6.20. The molecule has 2 heteroatoms. The number of aromatic nitrogens is 1. The van der Waals surface area contributed by atoms with Crippen LogP contribution >= 0.6 is 11.6 Å². The zero-order chi connectivity index (χ0) is 10.5. The highest BCUT2D eigenvalue weighted by Crippen LogP contribution is 2.28. The lowest BCUT2D eigenvalue weighted by Gasteiger charge is -2.15. The summed E-state index contributed by atoms with van der Waals surface area (Å²) in [6.07, 6.45) is 11.3. The molecule has 0 radical (unpaired) electrons. The van der Waals surface area contributed by atoms with E-state index < -0.39 is 0 Å². The number of alkyl halides is 1. The van der Waals surface area contributed by atoms with Crippen LogP contribution in [-0.4, -0.2) is 10.4 Å². The van der Waals surface area contributed by atoms with Gasteiger partial charge in [0.2, 0.25) is 0 Å². The van der Waals surface area contributed by atoms with Gasteiger partial charge in [-0.1, -0.05) is 19.3 Å². The predicted octanol–water partition coefficient (Wildman–Crippen LogP) is 3.81. The lowest BCUT2D eigenvalue weighted by atomic mass is 9.93. The van der Waals surface area contributed by atoms with Gasteiger partial charge in [0.1, 0.15) is 0 Å². The molecule has 1 nitrogen and oxygen atoms in total. The molecule has 2 atom stereocenters. The molecule has 0 spiro atoms. The molecule has 2 unspecified atom stereocenters. The summed E-state index contributed by atoms with van der Waals surface area (Å²) in [6.45, 7) is 0. The minimum Gasteiger partial charge on any atom is -0.265 e. The van der Waals surface area contributed by atoms with Gasteiger partial charge >= 0.3 is 0 Å². The van der Waals surface area contributed by atoms with Crippen molar-refractivity contribution in [3.8, 4) is 0 Å². The van der Waals surface area contributed by atoms with Crippen LogP contribution in [0.15, 0.2) is 24.5 Å². The van der Waals surface area contributed by atoms with E-state index >= 15 is 0 Å². The van der Waals surface area contributed by atoms with E-state index in [1.165, 1.54) is 44.1 Å². The largest absolute Gasteiger partial charge is 0.265 e. The first-order chi connectivity index (χ1) is 7.34. The first-order valence-electron chi connectivity index (χ1n) is 5.87. The molecule has 0 saturated heterocycles. The molecule has 1 fully saturated rings. The normalized spacial score (nSPS) is 27.3. The monoisotopic (exact) mass is 223 g/mol. The fraction of sp³-hybridized carbons (Fsp3) is 0.615. The summed E-state index contributed by atoms with van der Waals surface area (Å²) in [5, 5.41) is 0.402. The van der Waals surface area contributed by atoms with Crippen molar-refractivity contribution in [3.05, 3.63) is 30.1 Å². The molecule has 0 amide bonds. The highest BCUT2D eigenvalue weighted by Gasteiger charge is 2.18. The van der Waals surface area contributed by atoms with Crippen molar-refractivity contribution in [2.24, 2.45) is 5.92 Å². The van der Waals surface area contributed by atoms with Gasteiger partial charge < -0.3 is 0 Å². The van der Waals surface area contributed by atoms with Gasteiger partial charge in [-0.05, 0) is 42.9 Å². The Morgan fingerprint density at radius 3 is 2.73 bits per heavy atom. The van der Waals surface area contributed by atoms with Crippen LogP contribution in [0.25, 0.3) is 0 Å². The molecule has 1 heterocycles. The second-order valence-corrected chi connectivity index (χ2v) is 5.16. The Bertz CT molecular complexity index is 286. The lowest BCUT2D eigenvalue weighted by Crippen LogP contribution is -2.08. The maximum atomic E-state index is 6.27. The van der Waals surface area contributed by atoms with E-state index in [-0.39, 0.29) is 0 Å². The smallest absolute Gasteiger partial charge is 0.0338 e. The molecule has 1 aliphatic carbocycles. The molecule has 0 aromatic carbocycles. The van der Waals surface area contributed by atoms with Crippen molar-refractivity contribution in [1.82, 2.24) is 4.98 Å². The minimum absolute atomic E-state index is 0.402. The summed E-state index contributed by atoms with van der Waals surface area (Å²) < 4.78 is 0. The fourth-order valence-electron chi connectivity index (χ4n) is 2.43. The van der Waals surface area contributed by atoms with E-state index in [1.54, 1.807) is 0 Å². The van der Waals surface area contributed by atoms with Gasteiger partial charge in [-0.3, -0.25) is 4.98 Å². The van der Waals surface area contributed by atoms with Crippen LogP contribution in [0.5, 0.6) is 0 Å². The van der Waals surface area contributed by atoms with Crippen molar-refractivity contribution in [2.75, 3.05) is 0 Å². The quantitative estimate of drug-likeness (QED) is 0.549. The van der Waals surface area contributed by atoms with E-state index in [4.69, 9.17) is 11.6 Å². The molecular formula is C13H18ClN. The molecule has 1 aliphatic rings. The van der Waals surface area contributed by atoms with E-state index in [2.05, 4.69) is 17.1 Å². The van der Waals surface area contributed by atoms with Crippen LogP contribution < -0.4 is 0 Å². The maximum Gasteiger partial charge on any atom is 0.0338 e. The fourth-order valence-corrected chi connectivity index (χ4v) is 2.84. The van der Waals surface area contributed by atoms with Crippen LogP contribution in [0.2, 0.25) is 0 Å². The van der Waals surface area contributed by atoms with Gasteiger partial charge in [-0.2, -0.15) is 0 Å². The summed E-state index contributed by atoms with van der Waals surface area (Å²) in [7, 11) is 0. The van der Waals surface area contributed by atoms with Crippen LogP contribution in [0, 0.1) is 5.92 Å². The van der Waals surface area contributed by atoms with Gasteiger partial charge in [0, 0.05) is 17.8 Å². The van der Waals surface area contributed by atoms with Crippen molar-refractivity contribution in [3.63, 3.8) is 0 Å². The number of hydrogen-bond donors (Lipinski definition) is 0. The zero-order valence-electron chi connectivity index (χ0n) is 9.03. The van der Waals surface area contributed by atoms with Crippen LogP contribution in [0.4, 0.5) is 0 Å². The van der Waals surface area contributed by atoms with Crippen molar-refractivity contribution in [1.29, 1.82) is 0 Å². The second kappa shape index (κ2) is 5.50. The van der Waals surface area contributed by atoms with E-state index in [0.717, 1.165) is 5.92 Å². The van der Waals surface area contributed by atoms with Gasteiger partial charge in [-0.15, -0.1) is 11.6 Å². The Kier molecular flexibility index (Phi) is 4.01. The number of pyridine rings is 1. The van der Waals surface area contributed by atoms with Gasteiger partial charge in [0.05, 0.1) is 0 Å². The molecule has 82 valence electrons. The second-order valence-electron chi connectivity index (χ2n) is 4.54. The average Bonchev–Trinajstić information content (AvgIpc) is 2.44. The minimum atomic E-state index is 0.402. The maximum absolute atomic E-state index is 6.27. The molecule has 1 aromatic rings. The standard InChI is InChI=1S/C13H18ClN/c14-13-4-2-1-3-12(10-13)9-11-5-7-15-8-6-11/h5-8,12-13H,1-4,9-10H2. The van der Waals surface area contributed by atoms with Crippen LogP contribution in [0.3, 0.4) is 0 Å². The van der Waals surface area contributed by atoms with Crippen molar-refractivity contribution in [2.45, 2.75) is 43.9 Å². The zero-order valence-corrected chi connectivity index (χ0v) is 9.79. The van der Waals surface area contributed by atoms with Crippen molar-refractivity contribution >= 4 is 11.6 Å². The molecular weight excluding hydrogens is 206 g/mol. The summed E-state index contributed by atoms with van der Waals surface area (Å²) in [4.78, 5) is 4.05. The van der Waals surface area contributed by atoms with Gasteiger partial charge in [-0.25, -0.2) is 0 Å². The van der Waals surface area contributed by atoms with Gasteiger partial charge in [0.15, 0.2) is 0 Å². The molecule has 2 rings (SSSR count). The Labute approximate surface area is 96.9 Å². The molecule has 1 saturated carbocycles. The third-order valence-corrected chi connectivity index (χ3v) is 3.64. The Hall–Kier alpha value is -0.560. The summed E-state index contributed by atoms with van der Waals surface area (Å²) >= 11 is 6.27. The molecule has 0 N–H and O–H groups in total. The third kappa shape index (κ3) is 3.49. The number of rotatable bonds is 2. The molecule has 0 bridgehead atoms. The Morgan fingerprint density at radius 1 is 1.20 bits per heavy atom. The summed E-state index contributed by atoms with van der Waals surface area (Å²) in [5.74, 6) is 0.775. The predicted molar refractivity (Wildman–Crippen MR) is 64.2 cm³/mol. The van der Waals surface area contributed by atoms with Crippen LogP contribution in [-0.2, 0) is 6.42 Å². The van der Waals surface area contributed by atoms with Crippen LogP contribution in [0.1, 0.15) is 37.7 Å². The number of nitrogens with zero attached hydrogens (tertiary/aromatic N) is 1. The van der Waals surface area contributed by atoms with E-state index in [1.807, 2.05) is 12.4 Å². The average molecular weight is 224 g/mol. The molecule has 0 aliphatic heterocycles. The lowest BCUT2D eigenvalue weighted by molar-refractivity contribution is 0.460.